The van der Waals surface area contributed by atoms with Gasteiger partial charge in [-0.3, -0.25) is 9.36 Å². The monoisotopic (exact) mass is 494 g/mol. The van der Waals surface area contributed by atoms with E-state index >= 15 is 0 Å². The molecule has 0 amide bonds. The highest BCUT2D eigenvalue weighted by Gasteiger charge is 2.65. The highest BCUT2D eigenvalue weighted by molar-refractivity contribution is 7.61. The summed E-state index contributed by atoms with van der Waals surface area (Å²) in [5, 5.41) is 0.315. The van der Waals surface area contributed by atoms with Gasteiger partial charge in [0.25, 0.3) is 0 Å². The predicted octanol–water partition coefficient (Wildman–Crippen LogP) is 5.76. The lowest BCUT2D eigenvalue weighted by Gasteiger charge is -2.55. The van der Waals surface area contributed by atoms with E-state index < -0.39 is 7.60 Å². The Balaban J connectivity index is 1.48. The zero-order chi connectivity index (χ0) is 24.6. The van der Waals surface area contributed by atoms with E-state index in [2.05, 4.69) is 19.6 Å². The van der Waals surface area contributed by atoms with Gasteiger partial charge in [-0.15, -0.1) is 0 Å². The van der Waals surface area contributed by atoms with E-state index in [0.29, 0.717) is 35.8 Å². The second-order valence-electron chi connectivity index (χ2n) is 11.4. The lowest BCUT2D eigenvalue weighted by molar-refractivity contribution is -0.118. The molecule has 35 heavy (non-hydrogen) atoms. The van der Waals surface area contributed by atoms with Crippen molar-refractivity contribution in [2.24, 2.45) is 17.3 Å². The molecule has 6 atom stereocenters. The Kier molecular flexibility index (Phi) is 5.47. The molecule has 6 heteroatoms. The first kappa shape index (κ1) is 23.6. The maximum atomic E-state index is 12.4. The first-order valence-electron chi connectivity index (χ1n) is 13.0. The number of rotatable bonds is 3. The van der Waals surface area contributed by atoms with Crippen LogP contribution in [0, 0.1) is 17.3 Å². The van der Waals surface area contributed by atoms with Crippen LogP contribution in [0.2, 0.25) is 0 Å². The third-order valence-electron chi connectivity index (χ3n) is 10.0. The summed E-state index contributed by atoms with van der Waals surface area (Å²) in [6.07, 6.45) is 9.44. The van der Waals surface area contributed by atoms with Gasteiger partial charge < -0.3 is 14.2 Å². The van der Waals surface area contributed by atoms with Crippen molar-refractivity contribution < 1.29 is 23.5 Å². The van der Waals surface area contributed by atoms with Crippen LogP contribution in [0.5, 0.6) is 0 Å². The fourth-order valence-electron chi connectivity index (χ4n) is 8.35. The Labute approximate surface area is 207 Å². The first-order valence-corrected chi connectivity index (χ1v) is 14.5. The van der Waals surface area contributed by atoms with Gasteiger partial charge in [-0.1, -0.05) is 37.3 Å². The molecule has 1 heterocycles. The highest BCUT2D eigenvalue weighted by Crippen LogP contribution is 2.69. The molecule has 1 saturated heterocycles. The molecule has 3 saturated carbocycles. The Morgan fingerprint density at radius 1 is 1.20 bits per heavy atom. The number of carbonyl (C=O) groups excluding carboxylic acids is 1. The molecule has 0 aromatic heterocycles. The zero-order valence-electron chi connectivity index (χ0n) is 20.7. The van der Waals surface area contributed by atoms with Gasteiger partial charge >= 0.3 is 7.60 Å². The minimum Gasteiger partial charge on any atom is -0.370 e. The number of Topliss-reactive ketones (excluding diaryl/α,β-unsaturated/α-hetero) is 1. The van der Waals surface area contributed by atoms with Gasteiger partial charge in [0, 0.05) is 31.3 Å². The van der Waals surface area contributed by atoms with E-state index in [1.807, 2.05) is 12.1 Å². The van der Waals surface area contributed by atoms with Gasteiger partial charge in [-0.25, -0.2) is 0 Å². The molecule has 6 rings (SSSR count). The summed E-state index contributed by atoms with van der Waals surface area (Å²) in [5.74, 6) is 1.49. The number of carbonyl (C=O) groups is 1. The van der Waals surface area contributed by atoms with Crippen LogP contribution in [0.25, 0.3) is 0 Å². The normalized spacial score (nSPS) is 38.1. The number of ketones is 1. The van der Waals surface area contributed by atoms with Gasteiger partial charge in [-0.05, 0) is 84.8 Å². The third kappa shape index (κ3) is 3.31. The summed E-state index contributed by atoms with van der Waals surface area (Å²) in [6, 6.07) is 7.50. The smallest absolute Gasteiger partial charge is 0.358 e. The van der Waals surface area contributed by atoms with Crippen LogP contribution in [0.15, 0.2) is 59.2 Å². The van der Waals surface area contributed by atoms with Crippen LogP contribution in [0.1, 0.15) is 69.8 Å². The summed E-state index contributed by atoms with van der Waals surface area (Å²) in [5.41, 5.74) is 6.32. The standard InChI is InChI=1S/C29H35O5P/c1-18-13-15-34-29(18)14-12-26-24-10-6-20-16-21(30)7-11-23(20)27(24)25(17-28(26,29)2)19-4-8-22(9-5-19)35(31,32)33-3/h4-6,8-9,24-26H,1,7,10-17H2,2-3H3,(H,31,32)/t24-,25+,26-,28-,29+/m0/s1. The highest BCUT2D eigenvalue weighted by atomic mass is 31.2. The topological polar surface area (TPSA) is 72.8 Å². The van der Waals surface area contributed by atoms with Crippen molar-refractivity contribution in [1.82, 2.24) is 0 Å². The summed E-state index contributed by atoms with van der Waals surface area (Å²) in [7, 11) is -2.53. The number of fused-ring (bicyclic) bond motifs is 5. The molecule has 1 N–H and O–H groups in total. The average molecular weight is 495 g/mol. The molecule has 1 spiro atoms. The summed E-state index contributed by atoms with van der Waals surface area (Å²) < 4.78 is 23.8. The third-order valence-corrected chi connectivity index (χ3v) is 11.5. The van der Waals surface area contributed by atoms with Gasteiger partial charge in [0.1, 0.15) is 5.78 Å². The van der Waals surface area contributed by atoms with Gasteiger partial charge in [0.15, 0.2) is 0 Å². The molecule has 4 aliphatic carbocycles. The van der Waals surface area contributed by atoms with Gasteiger partial charge in [0.2, 0.25) is 0 Å². The number of hydrogen-bond acceptors (Lipinski definition) is 4. The Hall–Kier alpha value is -1.78. The van der Waals surface area contributed by atoms with Crippen molar-refractivity contribution in [3.8, 4) is 0 Å². The lowest BCUT2D eigenvalue weighted by atomic mass is 9.51. The van der Waals surface area contributed by atoms with Crippen molar-refractivity contribution in [2.45, 2.75) is 69.8 Å². The molecule has 1 aliphatic heterocycles. The first-order chi connectivity index (χ1) is 16.7. The quantitative estimate of drug-likeness (QED) is 0.427. The molecule has 5 aliphatic rings. The van der Waals surface area contributed by atoms with Gasteiger partial charge in [0.05, 0.1) is 17.5 Å². The largest absolute Gasteiger partial charge is 0.370 e. The average Bonchev–Trinajstić information content (AvgIpc) is 3.38. The van der Waals surface area contributed by atoms with E-state index in [9.17, 15) is 14.3 Å². The summed E-state index contributed by atoms with van der Waals surface area (Å²) in [4.78, 5) is 22.4. The van der Waals surface area contributed by atoms with Gasteiger partial charge in [-0.2, -0.15) is 0 Å². The van der Waals surface area contributed by atoms with Crippen LogP contribution in [-0.2, 0) is 18.6 Å². The molecular formula is C29H35O5P. The summed E-state index contributed by atoms with van der Waals surface area (Å²) in [6.45, 7) is 7.68. The van der Waals surface area contributed by atoms with Crippen molar-refractivity contribution in [1.29, 1.82) is 0 Å². The Bertz CT molecular complexity index is 1210. The molecule has 186 valence electrons. The van der Waals surface area contributed by atoms with Crippen LogP contribution in [0.4, 0.5) is 0 Å². The molecule has 1 unspecified atom stereocenters. The number of benzene rings is 1. The minimum atomic E-state index is -3.80. The molecular weight excluding hydrogens is 459 g/mol. The fourth-order valence-corrected chi connectivity index (χ4v) is 9.09. The van der Waals surface area contributed by atoms with Crippen molar-refractivity contribution in [3.63, 3.8) is 0 Å². The van der Waals surface area contributed by atoms with Crippen LogP contribution >= 0.6 is 7.60 Å². The molecule has 5 nitrogen and oxygen atoms in total. The van der Waals surface area contributed by atoms with Crippen molar-refractivity contribution in [2.75, 3.05) is 13.7 Å². The number of ether oxygens (including phenoxy) is 1. The maximum Gasteiger partial charge on any atom is 0.358 e. The second-order valence-corrected chi connectivity index (χ2v) is 13.3. The lowest BCUT2D eigenvalue weighted by Crippen LogP contribution is -2.51. The van der Waals surface area contributed by atoms with E-state index in [4.69, 9.17) is 9.26 Å². The fraction of sp³-hybridized carbons (Fsp3) is 0.552. The van der Waals surface area contributed by atoms with E-state index in [0.717, 1.165) is 45.1 Å². The molecule has 0 radical (unpaired) electrons. The van der Waals surface area contributed by atoms with Crippen LogP contribution in [0.3, 0.4) is 0 Å². The molecule has 0 bridgehead atoms. The Morgan fingerprint density at radius 3 is 2.66 bits per heavy atom. The molecule has 1 aromatic carbocycles. The minimum absolute atomic E-state index is 0.0206. The van der Waals surface area contributed by atoms with E-state index in [1.165, 1.54) is 35.0 Å². The van der Waals surface area contributed by atoms with E-state index in [-0.39, 0.29) is 16.9 Å². The van der Waals surface area contributed by atoms with E-state index in [1.54, 1.807) is 12.1 Å². The summed E-state index contributed by atoms with van der Waals surface area (Å²) >= 11 is 0. The second kappa shape index (κ2) is 8.11. The van der Waals surface area contributed by atoms with Crippen molar-refractivity contribution >= 4 is 18.7 Å². The molecule has 1 aromatic rings. The number of hydrogen-bond donors (Lipinski definition) is 1. The van der Waals surface area contributed by atoms with Crippen molar-refractivity contribution in [3.05, 3.63) is 64.8 Å². The SMILES string of the molecule is C=C1CCO[C@]12CC[C@H]1[C@@H]3CC=C4CC(=O)CCC4=C3[C@@H](c3ccc(P(=O)(O)OC)cc3)C[C@@]12C. The molecule has 4 fully saturated rings. The predicted molar refractivity (Wildman–Crippen MR) is 136 cm³/mol. The maximum absolute atomic E-state index is 12.4. The van der Waals surface area contributed by atoms with Crippen LogP contribution < -0.4 is 5.30 Å². The Morgan fingerprint density at radius 2 is 1.97 bits per heavy atom. The van der Waals surface area contributed by atoms with Crippen LogP contribution in [-0.4, -0.2) is 30.0 Å². The zero-order valence-corrected chi connectivity index (χ0v) is 21.6. The number of allylic oxidation sites excluding steroid dienone is 4.